The van der Waals surface area contributed by atoms with E-state index < -0.39 is 0 Å². The van der Waals surface area contributed by atoms with Gasteiger partial charge in [-0.15, -0.1) is 0 Å². The van der Waals surface area contributed by atoms with Crippen molar-refractivity contribution in [3.8, 4) is 5.69 Å². The Labute approximate surface area is 154 Å². The summed E-state index contributed by atoms with van der Waals surface area (Å²) in [5, 5.41) is 10.7. The lowest BCUT2D eigenvalue weighted by Crippen LogP contribution is -2.30. The molecule has 2 aromatic carbocycles. The normalized spacial score (nSPS) is 10.8. The van der Waals surface area contributed by atoms with Gasteiger partial charge >= 0.3 is 0 Å². The molecule has 0 unspecified atom stereocenters. The lowest BCUT2D eigenvalue weighted by atomic mass is 10.1. The van der Waals surface area contributed by atoms with Crippen molar-refractivity contribution in [1.29, 1.82) is 0 Å². The second-order valence-electron chi connectivity index (χ2n) is 6.59. The lowest BCUT2D eigenvalue weighted by Gasteiger charge is -2.14. The molecule has 0 saturated heterocycles. The van der Waals surface area contributed by atoms with Gasteiger partial charge in [-0.2, -0.15) is 5.10 Å². The van der Waals surface area contributed by atoms with E-state index in [-0.39, 0.29) is 11.9 Å². The molecule has 134 valence electrons. The Kier molecular flexibility index (Phi) is 5.37. The highest BCUT2D eigenvalue weighted by molar-refractivity contribution is 5.96. The molecule has 5 nitrogen and oxygen atoms in total. The Morgan fingerprint density at radius 3 is 2.69 bits per heavy atom. The van der Waals surface area contributed by atoms with Crippen LogP contribution in [0.15, 0.2) is 60.9 Å². The first-order valence-corrected chi connectivity index (χ1v) is 8.78. The zero-order chi connectivity index (χ0) is 18.5. The maximum absolute atomic E-state index is 12.4. The van der Waals surface area contributed by atoms with Gasteiger partial charge in [0.2, 0.25) is 0 Å². The van der Waals surface area contributed by atoms with Crippen LogP contribution >= 0.6 is 0 Å². The molecule has 2 N–H and O–H groups in total. The van der Waals surface area contributed by atoms with Crippen molar-refractivity contribution in [3.63, 3.8) is 0 Å². The number of rotatable bonds is 6. The number of aromatic nitrogens is 2. The monoisotopic (exact) mass is 348 g/mol. The summed E-state index contributed by atoms with van der Waals surface area (Å²) >= 11 is 0. The molecular formula is C21H24N4O. The average Bonchev–Trinajstić information content (AvgIpc) is 3.15. The summed E-state index contributed by atoms with van der Waals surface area (Å²) in [6, 6.07) is 16.0. The van der Waals surface area contributed by atoms with Gasteiger partial charge in [0.05, 0.1) is 5.69 Å². The fourth-order valence-corrected chi connectivity index (χ4v) is 2.81. The number of nitrogens with one attached hydrogen (secondary N) is 2. The first-order chi connectivity index (χ1) is 12.5. The molecule has 1 heterocycles. The van der Waals surface area contributed by atoms with Gasteiger partial charge in [0.25, 0.3) is 5.91 Å². The molecule has 0 spiro atoms. The summed E-state index contributed by atoms with van der Waals surface area (Å²) in [6.07, 6.45) is 3.70. The van der Waals surface area contributed by atoms with Crippen molar-refractivity contribution in [2.75, 3.05) is 5.32 Å². The zero-order valence-electron chi connectivity index (χ0n) is 15.4. The smallest absolute Gasteiger partial charge is 0.251 e. The maximum atomic E-state index is 12.4. The van der Waals surface area contributed by atoms with Gasteiger partial charge in [-0.1, -0.05) is 24.3 Å². The Morgan fingerprint density at radius 1 is 1.15 bits per heavy atom. The predicted molar refractivity (Wildman–Crippen MR) is 105 cm³/mol. The van der Waals surface area contributed by atoms with Gasteiger partial charge in [0, 0.05) is 36.2 Å². The van der Waals surface area contributed by atoms with Crippen molar-refractivity contribution >= 4 is 11.6 Å². The summed E-state index contributed by atoms with van der Waals surface area (Å²) in [6.45, 7) is 6.51. The number of anilines is 1. The SMILES string of the molecule is Cc1ccc(NCc2ccccc2-n2cccn2)cc1C(=O)NC(C)C. The molecule has 26 heavy (non-hydrogen) atoms. The van der Waals surface area contributed by atoms with Crippen molar-refractivity contribution in [3.05, 3.63) is 77.6 Å². The number of nitrogens with zero attached hydrogens (tertiary/aromatic N) is 2. The molecule has 1 amide bonds. The van der Waals surface area contributed by atoms with Gasteiger partial charge in [-0.05, 0) is 56.2 Å². The van der Waals surface area contributed by atoms with Crippen LogP contribution in [0.1, 0.15) is 35.3 Å². The van der Waals surface area contributed by atoms with Crippen LogP contribution in [0.5, 0.6) is 0 Å². The third-order valence-electron chi connectivity index (χ3n) is 4.13. The summed E-state index contributed by atoms with van der Waals surface area (Å²) in [7, 11) is 0. The van der Waals surface area contributed by atoms with Crippen molar-refractivity contribution in [2.45, 2.75) is 33.4 Å². The maximum Gasteiger partial charge on any atom is 0.251 e. The minimum absolute atomic E-state index is 0.0434. The molecule has 0 saturated carbocycles. The summed E-state index contributed by atoms with van der Waals surface area (Å²) in [5.41, 5.74) is 4.74. The van der Waals surface area contributed by atoms with Crippen molar-refractivity contribution in [1.82, 2.24) is 15.1 Å². The van der Waals surface area contributed by atoms with E-state index in [0.29, 0.717) is 12.1 Å². The molecule has 0 fully saturated rings. The van der Waals surface area contributed by atoms with Crippen molar-refractivity contribution < 1.29 is 4.79 Å². The van der Waals surface area contributed by atoms with E-state index in [1.54, 1.807) is 6.20 Å². The number of carbonyl (C=O) groups excluding carboxylic acids is 1. The van der Waals surface area contributed by atoms with Crippen LogP contribution in [0.4, 0.5) is 5.69 Å². The van der Waals surface area contributed by atoms with Gasteiger partial charge in [-0.3, -0.25) is 4.79 Å². The zero-order valence-corrected chi connectivity index (χ0v) is 15.4. The highest BCUT2D eigenvalue weighted by atomic mass is 16.1. The molecule has 0 atom stereocenters. The predicted octanol–water partition coefficient (Wildman–Crippen LogP) is 3.93. The highest BCUT2D eigenvalue weighted by Crippen LogP contribution is 2.19. The standard InChI is InChI=1S/C21H24N4O/c1-15(2)24-21(26)19-13-18(10-9-16(19)3)22-14-17-7-4-5-8-20(17)25-12-6-11-23-25/h4-13,15,22H,14H2,1-3H3,(H,24,26). The summed E-state index contributed by atoms with van der Waals surface area (Å²) < 4.78 is 1.85. The van der Waals surface area contributed by atoms with Gasteiger partial charge < -0.3 is 10.6 Å². The van der Waals surface area contributed by atoms with E-state index in [1.807, 2.05) is 74.1 Å². The molecule has 0 radical (unpaired) electrons. The highest BCUT2D eigenvalue weighted by Gasteiger charge is 2.11. The third kappa shape index (κ3) is 4.11. The Morgan fingerprint density at radius 2 is 1.96 bits per heavy atom. The van der Waals surface area contributed by atoms with Crippen LogP contribution in [-0.4, -0.2) is 21.7 Å². The first-order valence-electron chi connectivity index (χ1n) is 8.78. The lowest BCUT2D eigenvalue weighted by molar-refractivity contribution is 0.0942. The second-order valence-corrected chi connectivity index (χ2v) is 6.59. The quantitative estimate of drug-likeness (QED) is 0.709. The molecule has 0 aliphatic heterocycles. The van der Waals surface area contributed by atoms with Crippen LogP contribution < -0.4 is 10.6 Å². The van der Waals surface area contributed by atoms with E-state index >= 15 is 0 Å². The first kappa shape index (κ1) is 17.7. The minimum Gasteiger partial charge on any atom is -0.381 e. The molecule has 3 rings (SSSR count). The van der Waals surface area contributed by atoms with E-state index in [2.05, 4.69) is 21.8 Å². The van der Waals surface area contributed by atoms with E-state index in [9.17, 15) is 4.79 Å². The van der Waals surface area contributed by atoms with Crippen LogP contribution in [0, 0.1) is 6.92 Å². The molecule has 0 bridgehead atoms. The fourth-order valence-electron chi connectivity index (χ4n) is 2.81. The van der Waals surface area contributed by atoms with E-state index in [0.717, 1.165) is 22.5 Å². The fraction of sp³-hybridized carbons (Fsp3) is 0.238. The number of para-hydroxylation sites is 1. The molecule has 0 aliphatic carbocycles. The van der Waals surface area contributed by atoms with Crippen LogP contribution in [-0.2, 0) is 6.54 Å². The number of benzene rings is 2. The Hall–Kier alpha value is -3.08. The number of amides is 1. The van der Waals surface area contributed by atoms with Crippen LogP contribution in [0.2, 0.25) is 0 Å². The van der Waals surface area contributed by atoms with Gasteiger partial charge in [0.15, 0.2) is 0 Å². The molecule has 5 heteroatoms. The van der Waals surface area contributed by atoms with Crippen LogP contribution in [0.3, 0.4) is 0 Å². The Balaban J connectivity index is 1.78. The van der Waals surface area contributed by atoms with E-state index in [4.69, 9.17) is 0 Å². The van der Waals surface area contributed by atoms with Gasteiger partial charge in [0.1, 0.15) is 0 Å². The number of carbonyl (C=O) groups is 1. The topological polar surface area (TPSA) is 59.0 Å². The number of aryl methyl sites for hydroxylation is 1. The largest absolute Gasteiger partial charge is 0.381 e. The van der Waals surface area contributed by atoms with E-state index in [1.165, 1.54) is 0 Å². The molecular weight excluding hydrogens is 324 g/mol. The Bertz CT molecular complexity index is 885. The minimum atomic E-state index is -0.0434. The average molecular weight is 348 g/mol. The number of hydrogen-bond donors (Lipinski definition) is 2. The van der Waals surface area contributed by atoms with Crippen LogP contribution in [0.25, 0.3) is 5.69 Å². The van der Waals surface area contributed by atoms with Gasteiger partial charge in [-0.25, -0.2) is 4.68 Å². The van der Waals surface area contributed by atoms with Crippen molar-refractivity contribution in [2.24, 2.45) is 0 Å². The molecule has 1 aromatic heterocycles. The molecule has 3 aromatic rings. The number of hydrogen-bond acceptors (Lipinski definition) is 3. The summed E-state index contributed by atoms with van der Waals surface area (Å²) in [5.74, 6) is -0.0434. The third-order valence-corrected chi connectivity index (χ3v) is 4.13. The molecule has 0 aliphatic rings. The summed E-state index contributed by atoms with van der Waals surface area (Å²) in [4.78, 5) is 12.4. The second kappa shape index (κ2) is 7.87.